The number of rotatable bonds is 7. The molecule has 1 unspecified atom stereocenters. The van der Waals surface area contributed by atoms with Gasteiger partial charge in [0.15, 0.2) is 5.96 Å². The second-order valence-electron chi connectivity index (χ2n) is 6.53. The molecule has 1 aromatic heterocycles. The Kier molecular flexibility index (Phi) is 7.89. The van der Waals surface area contributed by atoms with Crippen LogP contribution in [0.15, 0.2) is 23.3 Å². The van der Waals surface area contributed by atoms with Gasteiger partial charge in [0, 0.05) is 51.9 Å². The number of carbonyl (C=O) groups excluding carboxylic acids is 1. The van der Waals surface area contributed by atoms with Gasteiger partial charge in [-0.25, -0.2) is 4.98 Å². The van der Waals surface area contributed by atoms with Crippen molar-refractivity contribution in [1.82, 2.24) is 20.5 Å². The predicted molar refractivity (Wildman–Crippen MR) is 102 cm³/mol. The molecule has 7 nitrogen and oxygen atoms in total. The van der Waals surface area contributed by atoms with Crippen LogP contribution in [0.4, 0.5) is 19.0 Å². The van der Waals surface area contributed by atoms with Gasteiger partial charge in [0.25, 0.3) is 0 Å². The Morgan fingerprint density at radius 2 is 2.14 bits per heavy atom. The number of nitrogens with zero attached hydrogens (tertiary/aromatic N) is 3. The number of nitrogens with one attached hydrogen (secondary N) is 3. The van der Waals surface area contributed by atoms with Gasteiger partial charge in [0.2, 0.25) is 5.91 Å². The van der Waals surface area contributed by atoms with E-state index in [1.807, 2.05) is 11.8 Å². The normalized spacial score (nSPS) is 17.5. The Hall–Kier alpha value is -2.52. The van der Waals surface area contributed by atoms with Crippen LogP contribution in [-0.2, 0) is 11.0 Å². The van der Waals surface area contributed by atoms with E-state index in [-0.39, 0.29) is 11.9 Å². The molecule has 1 saturated heterocycles. The minimum atomic E-state index is -4.38. The van der Waals surface area contributed by atoms with Crippen LogP contribution in [0.2, 0.25) is 0 Å². The number of pyridine rings is 1. The van der Waals surface area contributed by atoms with Crippen LogP contribution in [0.5, 0.6) is 0 Å². The first-order chi connectivity index (χ1) is 13.3. The van der Waals surface area contributed by atoms with Crippen molar-refractivity contribution >= 4 is 17.7 Å². The summed E-state index contributed by atoms with van der Waals surface area (Å²) in [6.45, 7) is 4.49. The summed E-state index contributed by atoms with van der Waals surface area (Å²) >= 11 is 0. The average molecular weight is 400 g/mol. The van der Waals surface area contributed by atoms with Gasteiger partial charge in [0.1, 0.15) is 5.82 Å². The number of hydrogen-bond acceptors (Lipinski definition) is 4. The SMILES string of the molecule is CCC(=O)N1CCC(NC(=NC)NCCCNc2ccc(C(F)(F)F)cn2)C1. The molecule has 0 radical (unpaired) electrons. The maximum atomic E-state index is 12.5. The van der Waals surface area contributed by atoms with E-state index in [9.17, 15) is 18.0 Å². The minimum Gasteiger partial charge on any atom is -0.370 e. The van der Waals surface area contributed by atoms with E-state index in [0.29, 0.717) is 37.8 Å². The molecule has 2 heterocycles. The van der Waals surface area contributed by atoms with Gasteiger partial charge < -0.3 is 20.9 Å². The molecule has 156 valence electrons. The summed E-state index contributed by atoms with van der Waals surface area (Å²) in [5.74, 6) is 1.24. The molecule has 1 fully saturated rings. The van der Waals surface area contributed by atoms with Crippen LogP contribution < -0.4 is 16.0 Å². The highest BCUT2D eigenvalue weighted by molar-refractivity contribution is 5.80. The van der Waals surface area contributed by atoms with Gasteiger partial charge in [-0.05, 0) is 25.0 Å². The lowest BCUT2D eigenvalue weighted by atomic mass is 10.3. The molecule has 0 spiro atoms. The summed E-state index contributed by atoms with van der Waals surface area (Å²) in [4.78, 5) is 21.5. The van der Waals surface area contributed by atoms with Gasteiger partial charge in [-0.15, -0.1) is 0 Å². The predicted octanol–water partition coefficient (Wildman–Crippen LogP) is 2.08. The molecule has 1 atom stereocenters. The van der Waals surface area contributed by atoms with Crippen molar-refractivity contribution < 1.29 is 18.0 Å². The molecule has 28 heavy (non-hydrogen) atoms. The second kappa shape index (κ2) is 10.1. The van der Waals surface area contributed by atoms with Gasteiger partial charge in [-0.2, -0.15) is 13.2 Å². The second-order valence-corrected chi connectivity index (χ2v) is 6.53. The first-order valence-corrected chi connectivity index (χ1v) is 9.35. The Bertz CT molecular complexity index is 662. The number of guanidine groups is 1. The topological polar surface area (TPSA) is 81.7 Å². The molecule has 0 saturated carbocycles. The third kappa shape index (κ3) is 6.58. The molecule has 0 aliphatic carbocycles. The van der Waals surface area contributed by atoms with E-state index in [2.05, 4.69) is 25.9 Å². The molecule has 1 amide bonds. The van der Waals surface area contributed by atoms with Crippen molar-refractivity contribution in [3.05, 3.63) is 23.9 Å². The molecule has 10 heteroatoms. The molecule has 1 aliphatic heterocycles. The van der Waals surface area contributed by atoms with Crippen LogP contribution in [0.25, 0.3) is 0 Å². The van der Waals surface area contributed by atoms with Crippen LogP contribution in [0.1, 0.15) is 31.7 Å². The van der Waals surface area contributed by atoms with E-state index in [0.717, 1.165) is 31.6 Å². The zero-order chi connectivity index (χ0) is 20.6. The number of alkyl halides is 3. The van der Waals surface area contributed by atoms with Crippen LogP contribution in [0.3, 0.4) is 0 Å². The van der Waals surface area contributed by atoms with E-state index >= 15 is 0 Å². The lowest BCUT2D eigenvalue weighted by Gasteiger charge is -2.18. The number of halogens is 3. The number of hydrogen-bond donors (Lipinski definition) is 3. The first-order valence-electron chi connectivity index (χ1n) is 9.35. The molecular weight excluding hydrogens is 373 g/mol. The summed E-state index contributed by atoms with van der Waals surface area (Å²) in [5.41, 5.74) is -0.763. The largest absolute Gasteiger partial charge is 0.417 e. The third-order valence-corrected chi connectivity index (χ3v) is 4.45. The highest BCUT2D eigenvalue weighted by Crippen LogP contribution is 2.28. The van der Waals surface area contributed by atoms with Gasteiger partial charge in [-0.1, -0.05) is 6.92 Å². The van der Waals surface area contributed by atoms with Crippen molar-refractivity contribution in [3.63, 3.8) is 0 Å². The fraction of sp³-hybridized carbons (Fsp3) is 0.611. The molecule has 0 bridgehead atoms. The van der Waals surface area contributed by atoms with Gasteiger partial charge in [-0.3, -0.25) is 9.79 Å². The van der Waals surface area contributed by atoms with Crippen molar-refractivity contribution in [2.45, 2.75) is 38.4 Å². The molecule has 1 aromatic rings. The van der Waals surface area contributed by atoms with Crippen molar-refractivity contribution in [1.29, 1.82) is 0 Å². The third-order valence-electron chi connectivity index (χ3n) is 4.45. The Morgan fingerprint density at radius 1 is 1.36 bits per heavy atom. The van der Waals surface area contributed by atoms with Crippen molar-refractivity contribution in [2.75, 3.05) is 38.5 Å². The van der Waals surface area contributed by atoms with E-state index in [1.54, 1.807) is 7.05 Å². The summed E-state index contributed by atoms with van der Waals surface area (Å²) in [6, 6.07) is 2.50. The molecular formula is C18H27F3N6O. The quantitative estimate of drug-likeness (QED) is 0.371. The smallest absolute Gasteiger partial charge is 0.370 e. The van der Waals surface area contributed by atoms with Gasteiger partial charge >= 0.3 is 6.18 Å². The van der Waals surface area contributed by atoms with Crippen LogP contribution in [-0.4, -0.2) is 61.0 Å². The fourth-order valence-electron chi connectivity index (χ4n) is 2.89. The number of aromatic nitrogens is 1. The van der Waals surface area contributed by atoms with Crippen molar-refractivity contribution in [2.24, 2.45) is 4.99 Å². The number of amides is 1. The molecule has 2 rings (SSSR count). The minimum absolute atomic E-state index is 0.162. The lowest BCUT2D eigenvalue weighted by Crippen LogP contribution is -2.45. The zero-order valence-electron chi connectivity index (χ0n) is 16.1. The number of anilines is 1. The number of carbonyl (C=O) groups is 1. The zero-order valence-corrected chi connectivity index (χ0v) is 16.1. The lowest BCUT2D eigenvalue weighted by molar-refractivity contribution is -0.137. The summed E-state index contributed by atoms with van der Waals surface area (Å²) < 4.78 is 37.5. The number of aliphatic imine (C=N–C) groups is 1. The Morgan fingerprint density at radius 3 is 2.75 bits per heavy atom. The fourth-order valence-corrected chi connectivity index (χ4v) is 2.89. The summed E-state index contributed by atoms with van der Waals surface area (Å²) in [5, 5.41) is 9.50. The average Bonchev–Trinajstić information content (AvgIpc) is 3.14. The van der Waals surface area contributed by atoms with E-state index < -0.39 is 11.7 Å². The van der Waals surface area contributed by atoms with Crippen molar-refractivity contribution in [3.8, 4) is 0 Å². The number of likely N-dealkylation sites (tertiary alicyclic amines) is 1. The first kappa shape index (κ1) is 21.8. The van der Waals surface area contributed by atoms with Crippen LogP contribution >= 0.6 is 0 Å². The van der Waals surface area contributed by atoms with Gasteiger partial charge in [0.05, 0.1) is 5.56 Å². The highest BCUT2D eigenvalue weighted by atomic mass is 19.4. The summed E-state index contributed by atoms with van der Waals surface area (Å²) in [7, 11) is 1.68. The highest BCUT2D eigenvalue weighted by Gasteiger charge is 2.30. The standard InChI is InChI=1S/C18H27F3N6O/c1-3-16(28)27-10-7-14(12-27)26-17(22-2)24-9-4-8-23-15-6-5-13(11-25-15)18(19,20)21/h5-6,11,14H,3-4,7-10,12H2,1-2H3,(H,23,25)(H2,22,24,26). The molecule has 1 aliphatic rings. The maximum absolute atomic E-state index is 12.5. The van der Waals surface area contributed by atoms with E-state index in [4.69, 9.17) is 0 Å². The van der Waals surface area contributed by atoms with Crippen LogP contribution in [0, 0.1) is 0 Å². The monoisotopic (exact) mass is 400 g/mol. The Balaban J connectivity index is 1.65. The Labute approximate surface area is 162 Å². The molecule has 3 N–H and O–H groups in total. The van der Waals surface area contributed by atoms with E-state index in [1.165, 1.54) is 6.07 Å². The maximum Gasteiger partial charge on any atom is 0.417 e. The molecule has 0 aromatic carbocycles. The summed E-state index contributed by atoms with van der Waals surface area (Å²) in [6.07, 6.45) is -1.43.